The molecule has 13 nitrogen and oxygen atoms in total. The Morgan fingerprint density at radius 3 is 2.51 bits per heavy atom. The second-order valence-electron chi connectivity index (χ2n) is 13.3. The van der Waals surface area contributed by atoms with E-state index >= 15 is 0 Å². The summed E-state index contributed by atoms with van der Waals surface area (Å²) < 4.78 is 40.6. The van der Waals surface area contributed by atoms with E-state index in [2.05, 4.69) is 9.71 Å². The highest BCUT2D eigenvalue weighted by molar-refractivity contribution is 7.89. The number of likely N-dealkylation sites (tertiary alicyclic amines) is 1. The highest BCUT2D eigenvalue weighted by atomic mass is 32.2. The van der Waals surface area contributed by atoms with Crippen molar-refractivity contribution in [1.29, 1.82) is 0 Å². The molecule has 1 aliphatic carbocycles. The summed E-state index contributed by atoms with van der Waals surface area (Å²) in [6.45, 7) is 5.69. The number of hydrogen-bond donors (Lipinski definition) is 2. The number of nitro benzene ring substituents is 1. The molecule has 0 radical (unpaired) electrons. The lowest BCUT2D eigenvalue weighted by atomic mass is 9.91. The van der Waals surface area contributed by atoms with E-state index in [-0.39, 0.29) is 37.5 Å². The van der Waals surface area contributed by atoms with Gasteiger partial charge < -0.3 is 24.3 Å². The second kappa shape index (κ2) is 14.0. The molecule has 47 heavy (non-hydrogen) atoms. The zero-order valence-electron chi connectivity index (χ0n) is 27.2. The first-order valence-electron chi connectivity index (χ1n) is 15.9. The van der Waals surface area contributed by atoms with Crippen LogP contribution in [0.3, 0.4) is 0 Å². The quantitative estimate of drug-likeness (QED) is 0.152. The Balaban J connectivity index is 1.48. The first-order chi connectivity index (χ1) is 22.3. The number of ether oxygens (including phenoxy) is 2. The molecule has 2 fully saturated rings. The number of nitro groups is 1. The van der Waals surface area contributed by atoms with Crippen LogP contribution in [0.5, 0.6) is 0 Å². The van der Waals surface area contributed by atoms with Crippen molar-refractivity contribution < 1.29 is 32.4 Å². The van der Waals surface area contributed by atoms with E-state index < -0.39 is 49.2 Å². The summed E-state index contributed by atoms with van der Waals surface area (Å²) in [5.74, 6) is -0.936. The molecule has 2 N–H and O–H groups in total. The topological polar surface area (TPSA) is 164 Å². The molecule has 14 heteroatoms. The summed E-state index contributed by atoms with van der Waals surface area (Å²) in [4.78, 5) is 45.1. The second-order valence-corrected chi connectivity index (χ2v) is 15.0. The van der Waals surface area contributed by atoms with Crippen LogP contribution < -0.4 is 4.72 Å². The number of piperidine rings is 1. The number of fused-ring (bicyclic) bond motifs is 1. The molecule has 1 aliphatic heterocycles. The van der Waals surface area contributed by atoms with Crippen molar-refractivity contribution in [3.8, 4) is 0 Å². The monoisotopic (exact) mass is 669 g/mol. The van der Waals surface area contributed by atoms with Crippen LogP contribution in [0.2, 0.25) is 0 Å². The molecule has 1 unspecified atom stereocenters. The summed E-state index contributed by atoms with van der Waals surface area (Å²) in [5.41, 5.74) is 0.561. The lowest BCUT2D eigenvalue weighted by Crippen LogP contribution is -2.56. The van der Waals surface area contributed by atoms with Crippen molar-refractivity contribution in [2.45, 2.75) is 81.5 Å². The molecule has 2 amide bonds. The number of aromatic nitrogens is 1. The van der Waals surface area contributed by atoms with Crippen molar-refractivity contribution in [3.05, 3.63) is 70.4 Å². The van der Waals surface area contributed by atoms with Crippen molar-refractivity contribution in [1.82, 2.24) is 19.5 Å². The number of rotatable bonds is 12. The number of sulfonamides is 1. The maximum atomic E-state index is 14.7. The lowest BCUT2D eigenvalue weighted by molar-refractivity contribution is -0.387. The molecule has 2 aliphatic rings. The number of hydrogen-bond acceptors (Lipinski definition) is 8. The minimum Gasteiger partial charge on any atom is -0.444 e. The van der Waals surface area contributed by atoms with Crippen LogP contribution in [0.1, 0.15) is 64.5 Å². The molecule has 1 aromatic heterocycles. The zero-order valence-corrected chi connectivity index (χ0v) is 28.0. The van der Waals surface area contributed by atoms with E-state index in [4.69, 9.17) is 9.47 Å². The number of nitrogens with zero attached hydrogens (tertiary/aromatic N) is 3. The molecular formula is C33H43N5O8S. The van der Waals surface area contributed by atoms with E-state index in [1.165, 1.54) is 17.0 Å². The van der Waals surface area contributed by atoms with E-state index in [1.807, 2.05) is 35.4 Å². The van der Waals surface area contributed by atoms with Crippen molar-refractivity contribution in [2.24, 2.45) is 5.92 Å². The van der Waals surface area contributed by atoms with Gasteiger partial charge in [0.2, 0.25) is 15.9 Å². The largest absolute Gasteiger partial charge is 0.444 e. The number of amides is 2. The third kappa shape index (κ3) is 8.11. The summed E-state index contributed by atoms with van der Waals surface area (Å²) in [6, 6.07) is 11.8. The fourth-order valence-electron chi connectivity index (χ4n) is 6.34. The number of nitrogens with one attached hydrogen (secondary N) is 2. The van der Waals surface area contributed by atoms with E-state index in [9.17, 15) is 28.1 Å². The molecule has 0 bridgehead atoms. The first kappa shape index (κ1) is 34.3. The van der Waals surface area contributed by atoms with Gasteiger partial charge in [0, 0.05) is 62.1 Å². The average Bonchev–Trinajstić information content (AvgIpc) is 3.76. The Hall–Kier alpha value is -4.01. The third-order valence-electron chi connectivity index (χ3n) is 8.46. The smallest absolute Gasteiger partial charge is 0.410 e. The number of carbonyl (C=O) groups is 2. The number of para-hydroxylation sites is 2. The highest BCUT2D eigenvalue weighted by Crippen LogP contribution is 2.41. The average molecular weight is 670 g/mol. The Labute approximate surface area is 274 Å². The van der Waals surface area contributed by atoms with Gasteiger partial charge in [-0.15, -0.1) is 0 Å². The van der Waals surface area contributed by atoms with Gasteiger partial charge in [0.05, 0.1) is 16.9 Å². The number of carbonyl (C=O) groups excluding carboxylic acids is 2. The molecule has 2 aromatic carbocycles. The van der Waals surface area contributed by atoms with Crippen LogP contribution >= 0.6 is 0 Å². The Morgan fingerprint density at radius 2 is 1.83 bits per heavy atom. The third-order valence-corrected chi connectivity index (χ3v) is 10.0. The predicted octanol–water partition coefficient (Wildman–Crippen LogP) is 5.14. The number of H-pyrrole nitrogens is 1. The molecule has 2 heterocycles. The van der Waals surface area contributed by atoms with Crippen LogP contribution in [0.4, 0.5) is 10.5 Å². The standard InChI is InChI=1S/C33H43N5O8S/c1-33(2,3)46-32(40)36-20-22(18-23(21-36)35-47(43,44)30-14-8-7-12-29(30)38(41)42)31(39)37(24-15-16-24)28(13-9-17-45-4)26-19-34-27-11-6-5-10-25(26)27/h5-8,10-12,14,19,22-24,28,34-35H,9,13,15-18,20-21H2,1-4H3/t22-,23+,28?/m1/s1. The SMILES string of the molecule is COCCCC(c1c[nH]c2ccccc12)N(C(=O)[C@@H]1C[C@H](NS(=O)(=O)c2ccccc2[N+](=O)[O-])CN(C(=O)OC(C)(C)C)C1)C1CC1. The summed E-state index contributed by atoms with van der Waals surface area (Å²) in [5, 5.41) is 12.7. The molecule has 254 valence electrons. The fraction of sp³-hybridized carbons (Fsp3) is 0.515. The molecular weight excluding hydrogens is 626 g/mol. The molecule has 0 spiro atoms. The minimum absolute atomic E-state index is 0.00252. The predicted molar refractivity (Wildman–Crippen MR) is 175 cm³/mol. The van der Waals surface area contributed by atoms with Crippen molar-refractivity contribution >= 4 is 38.6 Å². The van der Waals surface area contributed by atoms with E-state index in [1.54, 1.807) is 27.9 Å². The molecule has 3 atom stereocenters. The number of benzene rings is 2. The molecule has 1 saturated carbocycles. The number of aromatic amines is 1. The number of methoxy groups -OCH3 is 1. The Morgan fingerprint density at radius 1 is 1.13 bits per heavy atom. The van der Waals surface area contributed by atoms with Crippen LogP contribution in [0.25, 0.3) is 10.9 Å². The van der Waals surface area contributed by atoms with Crippen molar-refractivity contribution in [3.63, 3.8) is 0 Å². The molecule has 5 rings (SSSR count). The summed E-state index contributed by atoms with van der Waals surface area (Å²) in [6.07, 6.45) is 4.41. The zero-order chi connectivity index (χ0) is 33.9. The molecule has 3 aromatic rings. The first-order valence-corrected chi connectivity index (χ1v) is 17.4. The van der Waals surface area contributed by atoms with Gasteiger partial charge in [-0.2, -0.15) is 0 Å². The van der Waals surface area contributed by atoms with Gasteiger partial charge >= 0.3 is 6.09 Å². The maximum absolute atomic E-state index is 14.7. The lowest BCUT2D eigenvalue weighted by Gasteiger charge is -2.41. The van der Waals surface area contributed by atoms with E-state index in [0.29, 0.717) is 19.4 Å². The Kier molecular flexibility index (Phi) is 10.2. The van der Waals surface area contributed by atoms with Gasteiger partial charge in [0.1, 0.15) is 5.60 Å². The maximum Gasteiger partial charge on any atom is 0.410 e. The van der Waals surface area contributed by atoms with Gasteiger partial charge in [-0.3, -0.25) is 14.9 Å². The summed E-state index contributed by atoms with van der Waals surface area (Å²) >= 11 is 0. The van der Waals surface area contributed by atoms with E-state index in [0.717, 1.165) is 41.4 Å². The summed E-state index contributed by atoms with van der Waals surface area (Å²) in [7, 11) is -2.76. The Bertz CT molecular complexity index is 1710. The highest BCUT2D eigenvalue weighted by Gasteiger charge is 2.45. The van der Waals surface area contributed by atoms with Gasteiger partial charge in [-0.25, -0.2) is 17.9 Å². The van der Waals surface area contributed by atoms with Gasteiger partial charge in [0.25, 0.3) is 5.69 Å². The van der Waals surface area contributed by atoms with Gasteiger partial charge in [-0.05, 0) is 70.6 Å². The van der Waals surface area contributed by atoms with Crippen LogP contribution in [-0.4, -0.2) is 84.6 Å². The van der Waals surface area contributed by atoms with Crippen LogP contribution in [-0.2, 0) is 24.3 Å². The van der Waals surface area contributed by atoms with Crippen LogP contribution in [0, 0.1) is 16.0 Å². The minimum atomic E-state index is -4.40. The molecule has 1 saturated heterocycles. The van der Waals surface area contributed by atoms with Gasteiger partial charge in [-0.1, -0.05) is 30.3 Å². The van der Waals surface area contributed by atoms with Crippen molar-refractivity contribution in [2.75, 3.05) is 26.8 Å². The van der Waals surface area contributed by atoms with Gasteiger partial charge in [0.15, 0.2) is 4.90 Å². The van der Waals surface area contributed by atoms with Crippen LogP contribution in [0.15, 0.2) is 59.6 Å². The normalized spacial score (nSPS) is 19.4. The fourth-order valence-corrected chi connectivity index (χ4v) is 7.76.